The van der Waals surface area contributed by atoms with Crippen LogP contribution in [0.1, 0.15) is 28.9 Å². The SMILES string of the molecule is CCOC(=O)c1pc(P(Cl)Cl)c2n1[C@@H](N=Nc1ccccc1)C(=O)Nc1ccc(C)cc1-2. The average Bonchev–Trinajstić information content (AvgIpc) is 3.12. The van der Waals surface area contributed by atoms with E-state index in [0.717, 1.165) is 5.56 Å². The van der Waals surface area contributed by atoms with E-state index in [2.05, 4.69) is 15.5 Å². The van der Waals surface area contributed by atoms with Gasteiger partial charge in [-0.1, -0.05) is 52.3 Å². The van der Waals surface area contributed by atoms with Crippen LogP contribution in [-0.4, -0.2) is 23.1 Å². The maximum absolute atomic E-state index is 13.3. The van der Waals surface area contributed by atoms with E-state index in [9.17, 15) is 9.59 Å². The van der Waals surface area contributed by atoms with Crippen molar-refractivity contribution in [3.63, 3.8) is 0 Å². The molecule has 0 spiro atoms. The fourth-order valence-electron chi connectivity index (χ4n) is 3.36. The Balaban J connectivity index is 1.99. The minimum absolute atomic E-state index is 0.185. The molecule has 1 N–H and O–H groups in total. The minimum atomic E-state index is -1.61. The second kappa shape index (κ2) is 9.68. The van der Waals surface area contributed by atoms with Gasteiger partial charge in [-0.2, -0.15) is 10.2 Å². The molecule has 1 aliphatic rings. The molecule has 2 heterocycles. The van der Waals surface area contributed by atoms with Crippen LogP contribution in [0.5, 0.6) is 0 Å². The van der Waals surface area contributed by atoms with Gasteiger partial charge in [-0.3, -0.25) is 9.36 Å². The number of anilines is 1. The van der Waals surface area contributed by atoms with Crippen molar-refractivity contribution >= 4 is 65.6 Å². The van der Waals surface area contributed by atoms with Crippen molar-refractivity contribution in [1.82, 2.24) is 4.57 Å². The zero-order valence-electron chi connectivity index (χ0n) is 17.1. The lowest BCUT2D eigenvalue weighted by Crippen LogP contribution is -2.25. The highest BCUT2D eigenvalue weighted by atomic mass is 35.9. The fourth-order valence-corrected chi connectivity index (χ4v) is 6.51. The maximum Gasteiger partial charge on any atom is 0.359 e. The van der Waals surface area contributed by atoms with Crippen molar-refractivity contribution in [1.29, 1.82) is 0 Å². The van der Waals surface area contributed by atoms with Crippen molar-refractivity contribution in [3.05, 3.63) is 59.5 Å². The number of nitrogens with zero attached hydrogens (tertiary/aromatic N) is 3. The number of hydrogen-bond donors (Lipinski definition) is 1. The first kappa shape index (κ1) is 22.9. The number of benzene rings is 2. The Morgan fingerprint density at radius 1 is 1.25 bits per heavy atom. The van der Waals surface area contributed by atoms with Crippen LogP contribution < -0.4 is 10.4 Å². The summed E-state index contributed by atoms with van der Waals surface area (Å²) in [7, 11) is 0.484. The standard InChI is InChI=1S/C21H18Cl2N4O3P2/c1-3-30-20(29)19-27-16(21(31-19)32(22)23)14-11-12(2)9-10-15(14)24-18(28)17(27)26-25-13-7-5-4-6-8-13/h4-11,17H,3H2,1-2H3,(H,24,28)/t17-/m1/s1. The van der Waals surface area contributed by atoms with Crippen LogP contribution in [0.4, 0.5) is 11.4 Å². The first-order valence-corrected chi connectivity index (χ1v) is 13.7. The number of halogens is 2. The highest BCUT2D eigenvalue weighted by Crippen LogP contribution is 2.53. The zero-order chi connectivity index (χ0) is 22.8. The normalized spacial score (nSPS) is 15.5. The Morgan fingerprint density at radius 3 is 2.69 bits per heavy atom. The van der Waals surface area contributed by atoms with E-state index in [4.69, 9.17) is 27.2 Å². The largest absolute Gasteiger partial charge is 0.461 e. The summed E-state index contributed by atoms with van der Waals surface area (Å²) in [6.07, 6.45) is -1.15. The molecule has 0 fully saturated rings. The molecule has 32 heavy (non-hydrogen) atoms. The molecule has 1 aliphatic heterocycles. The van der Waals surface area contributed by atoms with Gasteiger partial charge < -0.3 is 10.1 Å². The first-order valence-electron chi connectivity index (χ1n) is 9.69. The molecule has 1 atom stereocenters. The van der Waals surface area contributed by atoms with Gasteiger partial charge in [0.1, 0.15) is 6.63 Å². The van der Waals surface area contributed by atoms with Crippen LogP contribution in [0.2, 0.25) is 0 Å². The number of amides is 1. The van der Waals surface area contributed by atoms with Crippen molar-refractivity contribution in [2.45, 2.75) is 20.0 Å². The molecule has 11 heteroatoms. The number of aryl methyl sites for hydroxylation is 1. The molecule has 0 aliphatic carbocycles. The molecule has 164 valence electrons. The Labute approximate surface area is 197 Å². The van der Waals surface area contributed by atoms with Gasteiger partial charge in [0.05, 0.1) is 28.7 Å². The van der Waals surface area contributed by atoms with Gasteiger partial charge in [0.2, 0.25) is 6.17 Å². The summed E-state index contributed by atoms with van der Waals surface area (Å²) in [6, 6.07) is 14.7. The van der Waals surface area contributed by atoms with Crippen LogP contribution in [0.15, 0.2) is 58.8 Å². The number of rotatable bonds is 5. The summed E-state index contributed by atoms with van der Waals surface area (Å²) in [4.78, 5) is 26.1. The number of carbonyl (C=O) groups excluding carboxylic acids is 2. The van der Waals surface area contributed by atoms with Gasteiger partial charge in [0, 0.05) is 5.56 Å². The molecule has 3 aromatic rings. The number of esters is 1. The Kier molecular flexibility index (Phi) is 6.92. The Morgan fingerprint density at radius 2 is 2.00 bits per heavy atom. The van der Waals surface area contributed by atoms with Gasteiger partial charge >= 0.3 is 5.97 Å². The molecule has 4 rings (SSSR count). The van der Waals surface area contributed by atoms with Gasteiger partial charge in [-0.05, 0) is 46.3 Å². The molecule has 0 radical (unpaired) electrons. The monoisotopic (exact) mass is 506 g/mol. The summed E-state index contributed by atoms with van der Waals surface area (Å²) < 4.78 is 6.83. The number of aromatic nitrogens is 1. The summed E-state index contributed by atoms with van der Waals surface area (Å²) in [5, 5.41) is 12.1. The Hall–Kier alpha value is -2.30. The van der Waals surface area contributed by atoms with E-state index >= 15 is 0 Å². The second-order valence-electron chi connectivity index (χ2n) is 6.89. The van der Waals surface area contributed by atoms with Crippen molar-refractivity contribution in [3.8, 4) is 11.3 Å². The highest BCUT2D eigenvalue weighted by molar-refractivity contribution is 8.11. The molecule has 0 bridgehead atoms. The third-order valence-corrected chi connectivity index (χ3v) is 8.90. The minimum Gasteiger partial charge on any atom is -0.461 e. The number of azo groups is 1. The van der Waals surface area contributed by atoms with Gasteiger partial charge in [0.15, 0.2) is 5.43 Å². The molecule has 0 unspecified atom stereocenters. The maximum atomic E-state index is 13.3. The number of nitrogens with one attached hydrogen (secondary N) is 1. The van der Waals surface area contributed by atoms with Crippen molar-refractivity contribution in [2.24, 2.45) is 10.2 Å². The van der Waals surface area contributed by atoms with E-state index in [1.807, 2.05) is 43.3 Å². The molecular weight excluding hydrogens is 489 g/mol. The van der Waals surface area contributed by atoms with Gasteiger partial charge in [0.25, 0.3) is 5.91 Å². The zero-order valence-corrected chi connectivity index (χ0v) is 20.4. The van der Waals surface area contributed by atoms with Crippen LogP contribution in [-0.2, 0) is 9.53 Å². The predicted octanol–water partition coefficient (Wildman–Crippen LogP) is 6.87. The molecule has 1 amide bonds. The molecule has 0 saturated carbocycles. The third kappa shape index (κ3) is 4.44. The summed E-state index contributed by atoms with van der Waals surface area (Å²) in [5.41, 5.74) is 3.67. The number of hydrogen-bond acceptors (Lipinski definition) is 5. The molecule has 2 aromatic carbocycles. The fraction of sp³-hybridized carbons (Fsp3) is 0.190. The number of carbonyl (C=O) groups is 2. The van der Waals surface area contributed by atoms with E-state index in [0.29, 0.717) is 35.9 Å². The topological polar surface area (TPSA) is 85.1 Å². The summed E-state index contributed by atoms with van der Waals surface area (Å²) >= 11 is 12.8. The number of fused-ring (bicyclic) bond motifs is 3. The lowest BCUT2D eigenvalue weighted by Gasteiger charge is -2.16. The van der Waals surface area contributed by atoms with Crippen LogP contribution >= 0.6 is 37.3 Å². The predicted molar refractivity (Wildman–Crippen MR) is 130 cm³/mol. The second-order valence-corrected chi connectivity index (χ2v) is 11.8. The van der Waals surface area contributed by atoms with Crippen LogP contribution in [0, 0.1) is 6.92 Å². The van der Waals surface area contributed by atoms with Crippen molar-refractivity contribution in [2.75, 3.05) is 11.9 Å². The molecule has 0 saturated heterocycles. The van der Waals surface area contributed by atoms with E-state index < -0.39 is 24.7 Å². The lowest BCUT2D eigenvalue weighted by atomic mass is 10.1. The third-order valence-electron chi connectivity index (χ3n) is 4.72. The van der Waals surface area contributed by atoms with E-state index in [-0.39, 0.29) is 12.0 Å². The van der Waals surface area contributed by atoms with Gasteiger partial charge in [-0.15, -0.1) is 0 Å². The summed E-state index contributed by atoms with van der Waals surface area (Å²) in [6.45, 7) is 2.24. The number of ether oxygens (including phenoxy) is 1. The van der Waals surface area contributed by atoms with E-state index in [1.54, 1.807) is 23.6 Å². The Bertz CT molecular complexity index is 1220. The molecule has 1 aromatic heterocycles. The first-order chi connectivity index (χ1) is 15.4. The average molecular weight is 507 g/mol. The summed E-state index contributed by atoms with van der Waals surface area (Å²) in [5.74, 6) is -0.993. The van der Waals surface area contributed by atoms with Crippen LogP contribution in [0.3, 0.4) is 0 Å². The smallest absolute Gasteiger partial charge is 0.359 e. The van der Waals surface area contributed by atoms with E-state index in [1.165, 1.54) is 0 Å². The van der Waals surface area contributed by atoms with Crippen LogP contribution in [0.25, 0.3) is 11.3 Å². The quantitative estimate of drug-likeness (QED) is 0.232. The van der Waals surface area contributed by atoms with Gasteiger partial charge in [-0.25, -0.2) is 4.79 Å². The highest BCUT2D eigenvalue weighted by Gasteiger charge is 2.36. The molecule has 7 nitrogen and oxygen atoms in total. The lowest BCUT2D eigenvalue weighted by molar-refractivity contribution is -0.119. The van der Waals surface area contributed by atoms with Crippen molar-refractivity contribution < 1.29 is 14.3 Å². The molecular formula is C21H18Cl2N4O3P2.